The van der Waals surface area contributed by atoms with Crippen LogP contribution in [-0.4, -0.2) is 11.6 Å². The quantitative estimate of drug-likeness (QED) is 0.668. The molecule has 1 aliphatic rings. The van der Waals surface area contributed by atoms with E-state index in [0.717, 1.165) is 18.4 Å². The van der Waals surface area contributed by atoms with E-state index >= 15 is 0 Å². The molecule has 25 heavy (non-hydrogen) atoms. The number of carbonyl (C=O) groups excluding carboxylic acids is 1. The molecule has 0 aromatic heterocycles. The van der Waals surface area contributed by atoms with Gasteiger partial charge in [-0.05, 0) is 37.0 Å². The Morgan fingerprint density at radius 2 is 1.80 bits per heavy atom. The Morgan fingerprint density at radius 3 is 2.52 bits per heavy atom. The van der Waals surface area contributed by atoms with Gasteiger partial charge in [0.2, 0.25) is 5.91 Å². The van der Waals surface area contributed by atoms with Crippen molar-refractivity contribution in [1.82, 2.24) is 0 Å². The lowest BCUT2D eigenvalue weighted by molar-refractivity contribution is -0.117. The summed E-state index contributed by atoms with van der Waals surface area (Å²) in [6, 6.07) is 14.8. The number of carbonyl (C=O) groups is 1. The van der Waals surface area contributed by atoms with Crippen LogP contribution in [-0.2, 0) is 4.79 Å². The summed E-state index contributed by atoms with van der Waals surface area (Å²) in [7, 11) is 0. The molecule has 2 aromatic carbocycles. The predicted octanol–water partition coefficient (Wildman–Crippen LogP) is 5.67. The SMILES string of the molecule is N=C(c1ccccc1)c1cc(Cl)ccc1NC(=O)CC1CCCCC1. The van der Waals surface area contributed by atoms with Gasteiger partial charge in [-0.15, -0.1) is 0 Å². The van der Waals surface area contributed by atoms with Crippen molar-refractivity contribution in [2.45, 2.75) is 38.5 Å². The number of benzene rings is 2. The van der Waals surface area contributed by atoms with Gasteiger partial charge >= 0.3 is 0 Å². The summed E-state index contributed by atoms with van der Waals surface area (Å²) in [5.74, 6) is 0.509. The lowest BCUT2D eigenvalue weighted by atomic mass is 9.87. The fraction of sp³-hybridized carbons (Fsp3) is 0.333. The lowest BCUT2D eigenvalue weighted by Gasteiger charge is -2.21. The maximum absolute atomic E-state index is 12.5. The van der Waals surface area contributed by atoms with E-state index in [4.69, 9.17) is 17.0 Å². The topological polar surface area (TPSA) is 53.0 Å². The second-order valence-electron chi connectivity index (χ2n) is 6.69. The number of hydrogen-bond donors (Lipinski definition) is 2. The summed E-state index contributed by atoms with van der Waals surface area (Å²) >= 11 is 6.13. The van der Waals surface area contributed by atoms with E-state index in [1.807, 2.05) is 30.3 Å². The second kappa shape index (κ2) is 8.30. The van der Waals surface area contributed by atoms with Crippen LogP contribution in [0.15, 0.2) is 48.5 Å². The van der Waals surface area contributed by atoms with Gasteiger partial charge < -0.3 is 5.32 Å². The zero-order chi connectivity index (χ0) is 17.6. The van der Waals surface area contributed by atoms with Gasteiger partial charge in [-0.3, -0.25) is 10.2 Å². The number of halogens is 1. The molecule has 2 N–H and O–H groups in total. The molecule has 0 unspecified atom stereocenters. The Labute approximate surface area is 153 Å². The van der Waals surface area contributed by atoms with E-state index in [9.17, 15) is 4.79 Å². The zero-order valence-electron chi connectivity index (χ0n) is 14.2. The van der Waals surface area contributed by atoms with Crippen LogP contribution < -0.4 is 5.32 Å². The van der Waals surface area contributed by atoms with Gasteiger partial charge in [0.1, 0.15) is 0 Å². The highest BCUT2D eigenvalue weighted by Gasteiger charge is 2.18. The third kappa shape index (κ3) is 4.70. The Bertz CT molecular complexity index is 752. The van der Waals surface area contributed by atoms with Crippen molar-refractivity contribution in [3.8, 4) is 0 Å². The highest BCUT2D eigenvalue weighted by molar-refractivity contribution is 6.31. The largest absolute Gasteiger partial charge is 0.325 e. The van der Waals surface area contributed by atoms with E-state index in [-0.39, 0.29) is 5.91 Å². The summed E-state index contributed by atoms with van der Waals surface area (Å²) in [6.07, 6.45) is 6.57. The highest BCUT2D eigenvalue weighted by Crippen LogP contribution is 2.28. The molecule has 3 nitrogen and oxygen atoms in total. The van der Waals surface area contributed by atoms with Crippen LogP contribution in [0.1, 0.15) is 49.7 Å². The maximum Gasteiger partial charge on any atom is 0.224 e. The minimum atomic E-state index is 0.0244. The van der Waals surface area contributed by atoms with E-state index in [2.05, 4.69) is 5.32 Å². The molecule has 2 aromatic rings. The molecule has 0 saturated heterocycles. The van der Waals surface area contributed by atoms with Crippen LogP contribution in [0, 0.1) is 11.3 Å². The first-order valence-electron chi connectivity index (χ1n) is 8.87. The number of hydrogen-bond acceptors (Lipinski definition) is 2. The van der Waals surface area contributed by atoms with Crippen LogP contribution in [0.25, 0.3) is 0 Å². The van der Waals surface area contributed by atoms with Gasteiger partial charge in [0, 0.05) is 22.6 Å². The molecule has 4 heteroatoms. The molecule has 0 bridgehead atoms. The molecule has 0 aliphatic heterocycles. The average Bonchev–Trinajstić information content (AvgIpc) is 2.64. The predicted molar refractivity (Wildman–Crippen MR) is 104 cm³/mol. The van der Waals surface area contributed by atoms with Crippen molar-refractivity contribution < 1.29 is 4.79 Å². The van der Waals surface area contributed by atoms with Crippen molar-refractivity contribution in [3.05, 3.63) is 64.7 Å². The first-order valence-corrected chi connectivity index (χ1v) is 9.25. The first-order chi connectivity index (χ1) is 12.1. The fourth-order valence-corrected chi connectivity index (χ4v) is 3.62. The van der Waals surface area contributed by atoms with Crippen molar-refractivity contribution in [2.75, 3.05) is 5.32 Å². The Kier molecular flexibility index (Phi) is 5.87. The van der Waals surface area contributed by atoms with Crippen molar-refractivity contribution >= 4 is 28.9 Å². The minimum Gasteiger partial charge on any atom is -0.325 e. The van der Waals surface area contributed by atoms with Gasteiger partial charge in [-0.2, -0.15) is 0 Å². The molecule has 0 radical (unpaired) electrons. The molecular weight excluding hydrogens is 332 g/mol. The Morgan fingerprint density at radius 1 is 1.08 bits per heavy atom. The van der Waals surface area contributed by atoms with Gasteiger partial charge in [-0.25, -0.2) is 0 Å². The molecule has 1 saturated carbocycles. The second-order valence-corrected chi connectivity index (χ2v) is 7.12. The first kappa shape index (κ1) is 17.7. The highest BCUT2D eigenvalue weighted by atomic mass is 35.5. The van der Waals surface area contributed by atoms with Gasteiger partial charge in [0.25, 0.3) is 0 Å². The molecule has 0 spiro atoms. The van der Waals surface area contributed by atoms with Crippen LogP contribution in [0.4, 0.5) is 5.69 Å². The fourth-order valence-electron chi connectivity index (χ4n) is 3.45. The molecule has 0 atom stereocenters. The molecule has 1 aliphatic carbocycles. The van der Waals surface area contributed by atoms with Gasteiger partial charge in [0.15, 0.2) is 0 Å². The number of anilines is 1. The molecule has 0 heterocycles. The Balaban J connectivity index is 1.77. The van der Waals surface area contributed by atoms with Crippen LogP contribution >= 0.6 is 11.6 Å². The maximum atomic E-state index is 12.5. The third-order valence-electron chi connectivity index (χ3n) is 4.79. The standard InChI is InChI=1S/C21H23ClN2O/c22-17-11-12-19(24-20(25)13-15-7-3-1-4-8-15)18(14-17)21(23)16-9-5-2-6-10-16/h2,5-6,9-12,14-15,23H,1,3-4,7-8,13H2,(H,24,25). The van der Waals surface area contributed by atoms with Crippen molar-refractivity contribution in [3.63, 3.8) is 0 Å². The molecule has 1 amide bonds. The molecule has 1 fully saturated rings. The summed E-state index contributed by atoms with van der Waals surface area (Å²) < 4.78 is 0. The minimum absolute atomic E-state index is 0.0244. The van der Waals surface area contributed by atoms with E-state index in [0.29, 0.717) is 34.3 Å². The summed E-state index contributed by atoms with van der Waals surface area (Å²) in [4.78, 5) is 12.5. The molecule has 3 rings (SSSR count). The zero-order valence-corrected chi connectivity index (χ0v) is 15.0. The van der Waals surface area contributed by atoms with E-state index < -0.39 is 0 Å². The smallest absolute Gasteiger partial charge is 0.224 e. The van der Waals surface area contributed by atoms with E-state index in [1.165, 1.54) is 19.3 Å². The van der Waals surface area contributed by atoms with Crippen LogP contribution in [0.3, 0.4) is 0 Å². The normalized spacial score (nSPS) is 14.9. The lowest BCUT2D eigenvalue weighted by Crippen LogP contribution is -2.19. The summed E-state index contributed by atoms with van der Waals surface area (Å²) in [5.41, 5.74) is 2.46. The van der Waals surface area contributed by atoms with Gasteiger partial charge in [0.05, 0.1) is 11.4 Å². The Hall–Kier alpha value is -2.13. The number of amides is 1. The average molecular weight is 355 g/mol. The van der Waals surface area contributed by atoms with Crippen molar-refractivity contribution in [1.29, 1.82) is 5.41 Å². The summed E-state index contributed by atoms with van der Waals surface area (Å²) in [5, 5.41) is 12.0. The van der Waals surface area contributed by atoms with Crippen LogP contribution in [0.2, 0.25) is 5.02 Å². The van der Waals surface area contributed by atoms with Crippen LogP contribution in [0.5, 0.6) is 0 Å². The monoisotopic (exact) mass is 354 g/mol. The summed E-state index contributed by atoms with van der Waals surface area (Å²) in [6.45, 7) is 0. The van der Waals surface area contributed by atoms with E-state index in [1.54, 1.807) is 18.2 Å². The third-order valence-corrected chi connectivity index (χ3v) is 5.02. The number of nitrogens with one attached hydrogen (secondary N) is 2. The molecular formula is C21H23ClN2O. The van der Waals surface area contributed by atoms with Gasteiger partial charge in [-0.1, -0.05) is 61.2 Å². The molecule has 130 valence electrons. The van der Waals surface area contributed by atoms with Crippen molar-refractivity contribution in [2.24, 2.45) is 5.92 Å². The number of rotatable bonds is 5.